The number of benzene rings is 2. The normalized spacial score (nSPS) is 17.5. The van der Waals surface area contributed by atoms with E-state index in [0.29, 0.717) is 23.1 Å². The third-order valence-electron chi connectivity index (χ3n) is 4.09. The molecule has 0 saturated carbocycles. The number of anilines is 1. The SMILES string of the molecule is C[C@H](Oc1ccccc1Cl)C(=O)Nc1ccc(OC[C@@H]2CCCO2)cc1. The molecule has 1 amide bonds. The maximum atomic E-state index is 12.3. The van der Waals surface area contributed by atoms with Gasteiger partial charge in [0.1, 0.15) is 18.1 Å². The molecule has 1 fully saturated rings. The van der Waals surface area contributed by atoms with Gasteiger partial charge in [-0.05, 0) is 56.2 Å². The quantitative estimate of drug-likeness (QED) is 0.783. The highest BCUT2D eigenvalue weighted by molar-refractivity contribution is 6.32. The van der Waals surface area contributed by atoms with Gasteiger partial charge in [0.05, 0.1) is 11.1 Å². The number of carbonyl (C=O) groups is 1. The highest BCUT2D eigenvalue weighted by Crippen LogP contribution is 2.24. The molecule has 0 spiro atoms. The van der Waals surface area contributed by atoms with Crippen molar-refractivity contribution >= 4 is 23.2 Å². The van der Waals surface area contributed by atoms with Crippen LogP contribution in [0.15, 0.2) is 48.5 Å². The third kappa shape index (κ3) is 5.13. The monoisotopic (exact) mass is 375 g/mol. The zero-order valence-corrected chi connectivity index (χ0v) is 15.4. The molecule has 0 aromatic heterocycles. The lowest BCUT2D eigenvalue weighted by Crippen LogP contribution is -2.30. The van der Waals surface area contributed by atoms with Crippen molar-refractivity contribution < 1.29 is 19.0 Å². The van der Waals surface area contributed by atoms with Crippen LogP contribution in [0.5, 0.6) is 11.5 Å². The Morgan fingerprint density at radius 2 is 2.04 bits per heavy atom. The van der Waals surface area contributed by atoms with Gasteiger partial charge in [-0.25, -0.2) is 0 Å². The van der Waals surface area contributed by atoms with Crippen molar-refractivity contribution in [2.75, 3.05) is 18.5 Å². The fourth-order valence-corrected chi connectivity index (χ4v) is 2.81. The molecule has 2 atom stereocenters. The average molecular weight is 376 g/mol. The maximum Gasteiger partial charge on any atom is 0.265 e. The molecular weight excluding hydrogens is 354 g/mol. The van der Waals surface area contributed by atoms with Crippen molar-refractivity contribution in [1.82, 2.24) is 0 Å². The number of carbonyl (C=O) groups excluding carboxylic acids is 1. The smallest absolute Gasteiger partial charge is 0.265 e. The lowest BCUT2D eigenvalue weighted by Gasteiger charge is -2.16. The highest BCUT2D eigenvalue weighted by Gasteiger charge is 2.17. The molecule has 1 aliphatic rings. The van der Waals surface area contributed by atoms with Gasteiger partial charge in [0.2, 0.25) is 0 Å². The van der Waals surface area contributed by atoms with Gasteiger partial charge in [0.25, 0.3) is 5.91 Å². The molecule has 0 radical (unpaired) electrons. The minimum atomic E-state index is -0.676. The van der Waals surface area contributed by atoms with E-state index in [0.717, 1.165) is 25.2 Å². The van der Waals surface area contributed by atoms with Gasteiger partial charge in [-0.3, -0.25) is 4.79 Å². The number of amides is 1. The van der Waals surface area contributed by atoms with Crippen LogP contribution in [-0.2, 0) is 9.53 Å². The molecule has 1 N–H and O–H groups in total. The number of halogens is 1. The zero-order valence-electron chi connectivity index (χ0n) is 14.6. The molecule has 138 valence electrons. The second kappa shape index (κ2) is 8.92. The first-order chi connectivity index (χ1) is 12.6. The van der Waals surface area contributed by atoms with E-state index in [1.165, 1.54) is 0 Å². The third-order valence-corrected chi connectivity index (χ3v) is 4.40. The Morgan fingerprint density at radius 1 is 1.27 bits per heavy atom. The minimum Gasteiger partial charge on any atom is -0.491 e. The van der Waals surface area contributed by atoms with Gasteiger partial charge in [0.15, 0.2) is 6.10 Å². The Hall–Kier alpha value is -2.24. The minimum absolute atomic E-state index is 0.178. The number of hydrogen-bond donors (Lipinski definition) is 1. The molecule has 1 heterocycles. The van der Waals surface area contributed by atoms with Crippen LogP contribution in [0.4, 0.5) is 5.69 Å². The average Bonchev–Trinajstić information content (AvgIpc) is 3.16. The number of hydrogen-bond acceptors (Lipinski definition) is 4. The number of nitrogens with one attached hydrogen (secondary N) is 1. The van der Waals surface area contributed by atoms with Gasteiger partial charge in [-0.15, -0.1) is 0 Å². The van der Waals surface area contributed by atoms with Gasteiger partial charge in [-0.2, -0.15) is 0 Å². The molecule has 2 aromatic rings. The fourth-order valence-electron chi connectivity index (χ4n) is 2.63. The molecule has 5 nitrogen and oxygen atoms in total. The summed E-state index contributed by atoms with van der Waals surface area (Å²) in [6, 6.07) is 14.3. The Kier molecular flexibility index (Phi) is 6.36. The second-order valence-electron chi connectivity index (χ2n) is 6.15. The van der Waals surface area contributed by atoms with Gasteiger partial charge in [-0.1, -0.05) is 23.7 Å². The summed E-state index contributed by atoms with van der Waals surface area (Å²) in [6.07, 6.45) is 1.63. The predicted molar refractivity (Wildman–Crippen MR) is 101 cm³/mol. The van der Waals surface area contributed by atoms with E-state index in [2.05, 4.69) is 5.32 Å². The van der Waals surface area contributed by atoms with E-state index >= 15 is 0 Å². The summed E-state index contributed by atoms with van der Waals surface area (Å²) in [4.78, 5) is 12.3. The maximum absolute atomic E-state index is 12.3. The number of ether oxygens (including phenoxy) is 3. The van der Waals surface area contributed by atoms with Crippen LogP contribution in [0.1, 0.15) is 19.8 Å². The van der Waals surface area contributed by atoms with Crippen LogP contribution in [0.2, 0.25) is 5.02 Å². The first-order valence-electron chi connectivity index (χ1n) is 8.68. The molecule has 2 aromatic carbocycles. The summed E-state index contributed by atoms with van der Waals surface area (Å²) in [5.41, 5.74) is 0.675. The number of para-hydroxylation sites is 1. The van der Waals surface area contributed by atoms with Gasteiger partial charge >= 0.3 is 0 Å². The van der Waals surface area contributed by atoms with Crippen LogP contribution < -0.4 is 14.8 Å². The van der Waals surface area contributed by atoms with Crippen LogP contribution in [0, 0.1) is 0 Å². The van der Waals surface area contributed by atoms with E-state index < -0.39 is 6.10 Å². The Morgan fingerprint density at radius 3 is 2.73 bits per heavy atom. The van der Waals surface area contributed by atoms with E-state index in [1.807, 2.05) is 18.2 Å². The van der Waals surface area contributed by atoms with E-state index in [4.69, 9.17) is 25.8 Å². The molecular formula is C20H22ClNO4. The van der Waals surface area contributed by atoms with Gasteiger partial charge in [0, 0.05) is 12.3 Å². The highest BCUT2D eigenvalue weighted by atomic mass is 35.5. The van der Waals surface area contributed by atoms with Crippen LogP contribution in [0.3, 0.4) is 0 Å². The summed E-state index contributed by atoms with van der Waals surface area (Å²) < 4.78 is 16.9. The molecule has 1 aliphatic heterocycles. The van der Waals surface area contributed by atoms with Crippen LogP contribution in [-0.4, -0.2) is 31.3 Å². The van der Waals surface area contributed by atoms with E-state index in [1.54, 1.807) is 37.3 Å². The number of rotatable bonds is 7. The van der Waals surface area contributed by atoms with Crippen LogP contribution in [0.25, 0.3) is 0 Å². The lowest BCUT2D eigenvalue weighted by atomic mass is 10.2. The molecule has 0 bridgehead atoms. The first kappa shape index (κ1) is 18.5. The van der Waals surface area contributed by atoms with Gasteiger partial charge < -0.3 is 19.5 Å². The Bertz CT molecular complexity index is 729. The van der Waals surface area contributed by atoms with Crippen molar-refractivity contribution in [1.29, 1.82) is 0 Å². The van der Waals surface area contributed by atoms with E-state index in [9.17, 15) is 4.79 Å². The van der Waals surface area contributed by atoms with Crippen molar-refractivity contribution in [3.63, 3.8) is 0 Å². The summed E-state index contributed by atoms with van der Waals surface area (Å²) in [7, 11) is 0. The molecule has 0 aliphatic carbocycles. The standard InChI is InChI=1S/C20H22ClNO4/c1-14(26-19-7-3-2-6-18(19)21)20(23)22-15-8-10-16(11-9-15)25-13-17-5-4-12-24-17/h2-3,6-11,14,17H,4-5,12-13H2,1H3,(H,22,23)/t14-,17-/m0/s1. The summed E-state index contributed by atoms with van der Waals surface area (Å²) in [5.74, 6) is 0.978. The van der Waals surface area contributed by atoms with Crippen molar-refractivity contribution in [3.8, 4) is 11.5 Å². The Labute approximate surface area is 158 Å². The summed E-state index contributed by atoms with van der Waals surface area (Å²) in [6.45, 7) is 3.04. The molecule has 3 rings (SSSR count). The van der Waals surface area contributed by atoms with Crippen molar-refractivity contribution in [2.45, 2.75) is 32.0 Å². The van der Waals surface area contributed by atoms with Crippen molar-refractivity contribution in [3.05, 3.63) is 53.6 Å². The zero-order chi connectivity index (χ0) is 18.4. The second-order valence-corrected chi connectivity index (χ2v) is 6.56. The van der Waals surface area contributed by atoms with Crippen molar-refractivity contribution in [2.24, 2.45) is 0 Å². The lowest BCUT2D eigenvalue weighted by molar-refractivity contribution is -0.122. The predicted octanol–water partition coefficient (Wildman–Crippen LogP) is 4.30. The topological polar surface area (TPSA) is 56.8 Å². The van der Waals surface area contributed by atoms with E-state index in [-0.39, 0.29) is 12.0 Å². The molecule has 6 heteroatoms. The molecule has 1 saturated heterocycles. The Balaban J connectivity index is 1.49. The fraction of sp³-hybridized carbons (Fsp3) is 0.350. The van der Waals surface area contributed by atoms with Crippen LogP contribution >= 0.6 is 11.6 Å². The summed E-state index contributed by atoms with van der Waals surface area (Å²) >= 11 is 6.05. The first-order valence-corrected chi connectivity index (χ1v) is 9.06. The molecule has 0 unspecified atom stereocenters. The largest absolute Gasteiger partial charge is 0.491 e. The summed E-state index contributed by atoms with van der Waals surface area (Å²) in [5, 5.41) is 3.29. The molecule has 26 heavy (non-hydrogen) atoms.